The zero-order chi connectivity index (χ0) is 20.0. The van der Waals surface area contributed by atoms with Crippen LogP contribution < -0.4 is 4.74 Å². The third-order valence-electron chi connectivity index (χ3n) is 5.03. The maximum atomic E-state index is 13.8. The van der Waals surface area contributed by atoms with Crippen LogP contribution in [-0.4, -0.2) is 35.0 Å². The summed E-state index contributed by atoms with van der Waals surface area (Å²) in [5.41, 5.74) is 0.803. The molecule has 8 heteroatoms. The molecule has 1 saturated heterocycles. The number of nitrogens with zero attached hydrogens (tertiary/aromatic N) is 2. The number of furan rings is 1. The van der Waals surface area contributed by atoms with Crippen molar-refractivity contribution in [3.8, 4) is 5.19 Å². The molecule has 0 radical (unpaired) electrons. The van der Waals surface area contributed by atoms with Gasteiger partial charge in [-0.3, -0.25) is 4.79 Å². The molecule has 2 aromatic heterocycles. The summed E-state index contributed by atoms with van der Waals surface area (Å²) in [5, 5.41) is 1.21. The van der Waals surface area contributed by atoms with E-state index in [1.807, 2.05) is 24.3 Å². The van der Waals surface area contributed by atoms with E-state index in [1.165, 1.54) is 6.07 Å². The number of likely N-dealkylation sites (tertiary alicyclic amines) is 1. The lowest BCUT2D eigenvalue weighted by atomic mass is 10.1. The summed E-state index contributed by atoms with van der Waals surface area (Å²) in [6, 6.07) is 11.3. The molecule has 0 aliphatic carbocycles. The summed E-state index contributed by atoms with van der Waals surface area (Å²) >= 11 is 1.12. The quantitative estimate of drug-likeness (QED) is 0.473. The van der Waals surface area contributed by atoms with Crippen LogP contribution in [0.5, 0.6) is 5.19 Å². The van der Waals surface area contributed by atoms with E-state index in [2.05, 4.69) is 4.98 Å². The first-order valence-corrected chi connectivity index (χ1v) is 10.1. The van der Waals surface area contributed by atoms with Gasteiger partial charge in [-0.25, -0.2) is 8.78 Å². The molecule has 4 aromatic rings. The molecule has 0 atom stereocenters. The van der Waals surface area contributed by atoms with E-state index in [-0.39, 0.29) is 17.5 Å². The standard InChI is InChI=1S/C21H16F2N2O3S/c22-13-10-15(23)19-18(11-13)29-21(24-19)27-14-5-7-25(8-6-14)20(26)17-9-12-3-1-2-4-16(12)28-17/h1-4,9-11,14H,5-8H2. The first-order valence-electron chi connectivity index (χ1n) is 9.27. The van der Waals surface area contributed by atoms with Gasteiger partial charge in [-0.1, -0.05) is 29.5 Å². The van der Waals surface area contributed by atoms with Crippen LogP contribution in [0.3, 0.4) is 0 Å². The van der Waals surface area contributed by atoms with Crippen molar-refractivity contribution in [2.75, 3.05) is 13.1 Å². The lowest BCUT2D eigenvalue weighted by molar-refractivity contribution is 0.0569. The molecule has 0 N–H and O–H groups in total. The molecule has 3 heterocycles. The van der Waals surface area contributed by atoms with Crippen LogP contribution in [-0.2, 0) is 0 Å². The number of carbonyl (C=O) groups excluding carboxylic acids is 1. The van der Waals surface area contributed by atoms with E-state index in [1.54, 1.807) is 11.0 Å². The van der Waals surface area contributed by atoms with Gasteiger partial charge in [0.15, 0.2) is 11.6 Å². The zero-order valence-corrected chi connectivity index (χ0v) is 16.0. The van der Waals surface area contributed by atoms with Crippen LogP contribution in [0.4, 0.5) is 8.78 Å². The Morgan fingerprint density at radius 1 is 1.17 bits per heavy atom. The van der Waals surface area contributed by atoms with Gasteiger partial charge < -0.3 is 14.1 Å². The highest BCUT2D eigenvalue weighted by Crippen LogP contribution is 2.32. The highest BCUT2D eigenvalue weighted by molar-refractivity contribution is 7.20. The molecule has 5 nitrogen and oxygen atoms in total. The lowest BCUT2D eigenvalue weighted by Crippen LogP contribution is -2.41. The maximum Gasteiger partial charge on any atom is 0.289 e. The SMILES string of the molecule is O=C(c1cc2ccccc2o1)N1CCC(Oc2nc3c(F)cc(F)cc3s2)CC1. The molecule has 0 spiro atoms. The maximum absolute atomic E-state index is 13.8. The molecule has 0 bridgehead atoms. The van der Waals surface area contributed by atoms with E-state index in [9.17, 15) is 13.6 Å². The minimum Gasteiger partial charge on any atom is -0.467 e. The molecule has 1 aliphatic heterocycles. The second kappa shape index (κ2) is 7.11. The first kappa shape index (κ1) is 18.1. The molecule has 0 saturated carbocycles. The Labute approximate surface area is 168 Å². The number of piperidine rings is 1. The molecule has 29 heavy (non-hydrogen) atoms. The van der Waals surface area contributed by atoms with Crippen molar-refractivity contribution < 1.29 is 22.7 Å². The monoisotopic (exact) mass is 414 g/mol. The van der Waals surface area contributed by atoms with Gasteiger partial charge in [0.05, 0.1) is 4.70 Å². The normalized spacial score (nSPS) is 15.3. The van der Waals surface area contributed by atoms with Crippen LogP contribution in [0.1, 0.15) is 23.4 Å². The fourth-order valence-corrected chi connectivity index (χ4v) is 4.47. The van der Waals surface area contributed by atoms with Crippen LogP contribution in [0.25, 0.3) is 21.2 Å². The zero-order valence-electron chi connectivity index (χ0n) is 15.2. The number of carbonyl (C=O) groups is 1. The van der Waals surface area contributed by atoms with Gasteiger partial charge in [0.2, 0.25) is 0 Å². The Kier molecular flexibility index (Phi) is 4.43. The summed E-state index contributed by atoms with van der Waals surface area (Å²) in [6.07, 6.45) is 1.11. The fourth-order valence-electron chi connectivity index (χ4n) is 3.55. The van der Waals surface area contributed by atoms with Gasteiger partial charge in [-0.15, -0.1) is 0 Å². The Bertz CT molecular complexity index is 1180. The Morgan fingerprint density at radius 2 is 1.97 bits per heavy atom. The average molecular weight is 414 g/mol. The van der Waals surface area contributed by atoms with Crippen molar-refractivity contribution in [2.45, 2.75) is 18.9 Å². The predicted octanol–water partition coefficient (Wildman–Crippen LogP) is 5.00. The van der Waals surface area contributed by atoms with Gasteiger partial charge in [-0.2, -0.15) is 4.98 Å². The van der Waals surface area contributed by atoms with Crippen molar-refractivity contribution in [3.63, 3.8) is 0 Å². The number of amides is 1. The lowest BCUT2D eigenvalue weighted by Gasteiger charge is -2.31. The van der Waals surface area contributed by atoms with Crippen molar-refractivity contribution in [3.05, 3.63) is 59.9 Å². The van der Waals surface area contributed by atoms with Gasteiger partial charge in [0, 0.05) is 37.4 Å². The number of hydrogen-bond acceptors (Lipinski definition) is 5. The summed E-state index contributed by atoms with van der Waals surface area (Å²) in [4.78, 5) is 18.6. The summed E-state index contributed by atoms with van der Waals surface area (Å²) in [7, 11) is 0. The van der Waals surface area contributed by atoms with E-state index in [0.29, 0.717) is 47.2 Å². The van der Waals surface area contributed by atoms with E-state index in [4.69, 9.17) is 9.15 Å². The molecular weight excluding hydrogens is 398 g/mol. The number of halogens is 2. The smallest absolute Gasteiger partial charge is 0.289 e. The van der Waals surface area contributed by atoms with Crippen molar-refractivity contribution in [2.24, 2.45) is 0 Å². The van der Waals surface area contributed by atoms with Crippen LogP contribution in [0.15, 0.2) is 46.9 Å². The van der Waals surface area contributed by atoms with Crippen molar-refractivity contribution in [1.29, 1.82) is 0 Å². The van der Waals surface area contributed by atoms with Gasteiger partial charge >= 0.3 is 0 Å². The number of ether oxygens (including phenoxy) is 1. The Hall–Kier alpha value is -3.00. The minimum atomic E-state index is -0.697. The number of fused-ring (bicyclic) bond motifs is 2. The summed E-state index contributed by atoms with van der Waals surface area (Å²) in [6.45, 7) is 1.04. The topological polar surface area (TPSA) is 55.6 Å². The van der Waals surface area contributed by atoms with Gasteiger partial charge in [-0.05, 0) is 18.2 Å². The predicted molar refractivity (Wildman–Crippen MR) is 105 cm³/mol. The molecule has 148 valence electrons. The number of rotatable bonds is 3. The van der Waals surface area contributed by atoms with E-state index in [0.717, 1.165) is 22.8 Å². The molecule has 2 aromatic carbocycles. The number of thiazole rings is 1. The van der Waals surface area contributed by atoms with E-state index < -0.39 is 11.6 Å². The molecule has 0 unspecified atom stereocenters. The summed E-state index contributed by atoms with van der Waals surface area (Å²) in [5.74, 6) is -1.15. The van der Waals surface area contributed by atoms with E-state index >= 15 is 0 Å². The summed E-state index contributed by atoms with van der Waals surface area (Å²) < 4.78 is 39.1. The minimum absolute atomic E-state index is 0.115. The van der Waals surface area contributed by atoms with Crippen LogP contribution >= 0.6 is 11.3 Å². The first-order chi connectivity index (χ1) is 14.1. The largest absolute Gasteiger partial charge is 0.467 e. The Balaban J connectivity index is 1.24. The van der Waals surface area contributed by atoms with Crippen molar-refractivity contribution >= 4 is 38.4 Å². The number of para-hydroxylation sites is 1. The average Bonchev–Trinajstić information content (AvgIpc) is 3.32. The molecule has 1 fully saturated rings. The molecule has 5 rings (SSSR count). The second-order valence-corrected chi connectivity index (χ2v) is 7.97. The number of aromatic nitrogens is 1. The van der Waals surface area contributed by atoms with Crippen LogP contribution in [0.2, 0.25) is 0 Å². The molecule has 1 amide bonds. The van der Waals surface area contributed by atoms with Gasteiger partial charge in [0.1, 0.15) is 23.0 Å². The Morgan fingerprint density at radius 3 is 2.76 bits per heavy atom. The highest BCUT2D eigenvalue weighted by Gasteiger charge is 2.27. The van der Waals surface area contributed by atoms with Crippen LogP contribution in [0, 0.1) is 11.6 Å². The highest BCUT2D eigenvalue weighted by atomic mass is 32.1. The number of hydrogen-bond donors (Lipinski definition) is 0. The van der Waals surface area contributed by atoms with Crippen molar-refractivity contribution in [1.82, 2.24) is 9.88 Å². The third-order valence-corrected chi connectivity index (χ3v) is 5.92. The second-order valence-electron chi connectivity index (χ2n) is 6.97. The fraction of sp³-hybridized carbons (Fsp3) is 0.238. The third kappa shape index (κ3) is 3.44. The molecule has 1 aliphatic rings. The molecular formula is C21H16F2N2O3S. The number of benzene rings is 2. The van der Waals surface area contributed by atoms with Gasteiger partial charge in [0.25, 0.3) is 11.1 Å².